The molecule has 0 aliphatic carbocycles. The second-order valence-electron chi connectivity index (χ2n) is 6.59. The SMILES string of the molecule is O=C(O)CCC=CCC[C@H]1[C@@H](O)CO[C@@H]1C=C[C@@H](O)COc1ccccc1. The van der Waals surface area contributed by atoms with Crippen molar-refractivity contribution >= 4 is 5.97 Å². The number of hydrogen-bond acceptors (Lipinski definition) is 5. The van der Waals surface area contributed by atoms with Gasteiger partial charge in [0.05, 0.1) is 18.8 Å². The quantitative estimate of drug-likeness (QED) is 0.514. The molecule has 0 bridgehead atoms. The summed E-state index contributed by atoms with van der Waals surface area (Å²) in [6, 6.07) is 9.28. The van der Waals surface area contributed by atoms with Crippen LogP contribution in [0.15, 0.2) is 54.6 Å². The Morgan fingerprint density at radius 2 is 2.00 bits per heavy atom. The minimum absolute atomic E-state index is 0.0485. The molecule has 0 saturated carbocycles. The Balaban J connectivity index is 1.74. The van der Waals surface area contributed by atoms with Gasteiger partial charge in [-0.15, -0.1) is 0 Å². The molecule has 27 heavy (non-hydrogen) atoms. The van der Waals surface area contributed by atoms with Gasteiger partial charge >= 0.3 is 5.97 Å². The van der Waals surface area contributed by atoms with Crippen molar-refractivity contribution in [3.05, 3.63) is 54.6 Å². The maximum Gasteiger partial charge on any atom is 0.303 e. The van der Waals surface area contributed by atoms with Crippen LogP contribution in [0.4, 0.5) is 0 Å². The van der Waals surface area contributed by atoms with Gasteiger partial charge in [0.15, 0.2) is 0 Å². The van der Waals surface area contributed by atoms with Crippen LogP contribution in [0, 0.1) is 5.92 Å². The van der Waals surface area contributed by atoms with E-state index >= 15 is 0 Å². The van der Waals surface area contributed by atoms with E-state index in [2.05, 4.69) is 0 Å². The molecule has 1 saturated heterocycles. The summed E-state index contributed by atoms with van der Waals surface area (Å²) in [6.45, 7) is 0.422. The monoisotopic (exact) mass is 376 g/mol. The molecule has 0 unspecified atom stereocenters. The van der Waals surface area contributed by atoms with Crippen molar-refractivity contribution in [3.8, 4) is 5.75 Å². The highest BCUT2D eigenvalue weighted by atomic mass is 16.5. The third-order valence-electron chi connectivity index (χ3n) is 4.42. The fourth-order valence-corrected chi connectivity index (χ4v) is 2.95. The molecule has 3 N–H and O–H groups in total. The fraction of sp³-hybridized carbons (Fsp3) is 0.476. The Hall–Kier alpha value is -2.15. The number of hydrogen-bond donors (Lipinski definition) is 3. The first-order chi connectivity index (χ1) is 13.1. The number of aliphatic hydroxyl groups is 2. The molecule has 1 fully saturated rings. The molecule has 0 spiro atoms. The molecule has 4 atom stereocenters. The smallest absolute Gasteiger partial charge is 0.303 e. The predicted molar refractivity (Wildman–Crippen MR) is 102 cm³/mol. The van der Waals surface area contributed by atoms with Crippen molar-refractivity contribution in [2.75, 3.05) is 13.2 Å². The number of carboxylic acid groups (broad SMARTS) is 1. The number of allylic oxidation sites excluding steroid dienone is 2. The van der Waals surface area contributed by atoms with Gasteiger partial charge in [-0.3, -0.25) is 4.79 Å². The van der Waals surface area contributed by atoms with E-state index in [9.17, 15) is 15.0 Å². The first-order valence-corrected chi connectivity index (χ1v) is 9.27. The van der Waals surface area contributed by atoms with Crippen LogP contribution >= 0.6 is 0 Å². The minimum Gasteiger partial charge on any atom is -0.491 e. The van der Waals surface area contributed by atoms with Crippen LogP contribution in [0.25, 0.3) is 0 Å². The minimum atomic E-state index is -0.806. The molecule has 6 heteroatoms. The molecule has 148 valence electrons. The van der Waals surface area contributed by atoms with Gasteiger partial charge in [-0.2, -0.15) is 0 Å². The highest BCUT2D eigenvalue weighted by Crippen LogP contribution is 2.27. The lowest BCUT2D eigenvalue weighted by Crippen LogP contribution is -2.23. The third kappa shape index (κ3) is 7.95. The molecule has 1 aliphatic heterocycles. The lowest BCUT2D eigenvalue weighted by molar-refractivity contribution is -0.136. The number of carboxylic acids is 1. The van der Waals surface area contributed by atoms with Gasteiger partial charge in [-0.1, -0.05) is 42.5 Å². The normalized spacial score (nSPS) is 23.9. The first kappa shape index (κ1) is 21.2. The van der Waals surface area contributed by atoms with Crippen LogP contribution in [-0.2, 0) is 9.53 Å². The Morgan fingerprint density at radius 3 is 2.74 bits per heavy atom. The van der Waals surface area contributed by atoms with Crippen LogP contribution in [0.3, 0.4) is 0 Å². The number of rotatable bonds is 11. The van der Waals surface area contributed by atoms with Crippen molar-refractivity contribution < 1.29 is 29.6 Å². The summed E-state index contributed by atoms with van der Waals surface area (Å²) >= 11 is 0. The molecule has 1 heterocycles. The molecule has 6 nitrogen and oxygen atoms in total. The zero-order chi connectivity index (χ0) is 19.5. The van der Waals surface area contributed by atoms with Crippen molar-refractivity contribution in [1.82, 2.24) is 0 Å². The second kappa shape index (κ2) is 11.5. The largest absolute Gasteiger partial charge is 0.491 e. The van der Waals surface area contributed by atoms with E-state index in [0.29, 0.717) is 12.2 Å². The molecule has 2 rings (SSSR count). The Labute approximate surface area is 159 Å². The molecular weight excluding hydrogens is 348 g/mol. The van der Waals surface area contributed by atoms with Crippen molar-refractivity contribution in [2.45, 2.75) is 44.0 Å². The van der Waals surface area contributed by atoms with Crippen LogP contribution in [0.2, 0.25) is 0 Å². The Morgan fingerprint density at radius 1 is 1.26 bits per heavy atom. The summed E-state index contributed by atoms with van der Waals surface area (Å²) in [5.74, 6) is -0.156. The maximum atomic E-state index is 10.5. The molecule has 0 radical (unpaired) electrons. The lowest BCUT2D eigenvalue weighted by Gasteiger charge is -2.17. The van der Waals surface area contributed by atoms with Gasteiger partial charge in [-0.25, -0.2) is 0 Å². The Bertz CT molecular complexity index is 612. The number of aliphatic carboxylic acids is 1. The van der Waals surface area contributed by atoms with E-state index in [1.54, 1.807) is 12.2 Å². The second-order valence-corrected chi connectivity index (χ2v) is 6.59. The van der Waals surface area contributed by atoms with E-state index in [-0.39, 0.29) is 31.7 Å². The average molecular weight is 376 g/mol. The molecule has 0 amide bonds. The standard InChI is InChI=1S/C21H28O6/c22-16(14-26-17-8-4-3-5-9-17)12-13-20-18(19(23)15-27-20)10-6-1-2-7-11-21(24)25/h1-5,8-9,12-13,16,18-20,22-23H,6-7,10-11,14-15H2,(H,24,25)/t16-,18+,19+,20-/m1/s1. The predicted octanol–water partition coefficient (Wildman–Crippen LogP) is 2.56. The third-order valence-corrected chi connectivity index (χ3v) is 4.42. The highest BCUT2D eigenvalue weighted by molar-refractivity contribution is 5.66. The zero-order valence-corrected chi connectivity index (χ0v) is 15.3. The summed E-state index contributed by atoms with van der Waals surface area (Å²) in [7, 11) is 0. The summed E-state index contributed by atoms with van der Waals surface area (Å²) < 4.78 is 11.1. The first-order valence-electron chi connectivity index (χ1n) is 9.27. The van der Waals surface area contributed by atoms with E-state index in [1.165, 1.54) is 0 Å². The van der Waals surface area contributed by atoms with E-state index in [4.69, 9.17) is 14.6 Å². The summed E-state index contributed by atoms with van der Waals surface area (Å²) in [4.78, 5) is 10.5. The molecule has 1 aliphatic rings. The Kier molecular flexibility index (Phi) is 9.04. The molecular formula is C21H28O6. The zero-order valence-electron chi connectivity index (χ0n) is 15.3. The fourth-order valence-electron chi connectivity index (χ4n) is 2.95. The highest BCUT2D eigenvalue weighted by Gasteiger charge is 2.33. The summed E-state index contributed by atoms with van der Waals surface area (Å²) in [5, 5.41) is 28.8. The van der Waals surface area contributed by atoms with Crippen molar-refractivity contribution in [1.29, 1.82) is 0 Å². The maximum absolute atomic E-state index is 10.5. The molecule has 1 aromatic carbocycles. The van der Waals surface area contributed by atoms with Gasteiger partial charge in [0.1, 0.15) is 18.5 Å². The van der Waals surface area contributed by atoms with E-state index in [1.807, 2.05) is 42.5 Å². The molecule has 0 aromatic heterocycles. The average Bonchev–Trinajstić information content (AvgIpc) is 3.01. The summed E-state index contributed by atoms with van der Waals surface area (Å²) in [6.07, 6.45) is 7.78. The molecule has 1 aromatic rings. The number of para-hydroxylation sites is 1. The van der Waals surface area contributed by atoms with Gasteiger partial charge < -0.3 is 24.8 Å². The summed E-state index contributed by atoms with van der Waals surface area (Å²) in [5.41, 5.74) is 0. The lowest BCUT2D eigenvalue weighted by atomic mass is 9.93. The van der Waals surface area contributed by atoms with Gasteiger partial charge in [0.2, 0.25) is 0 Å². The van der Waals surface area contributed by atoms with Crippen LogP contribution < -0.4 is 4.74 Å². The number of ether oxygens (including phenoxy) is 2. The van der Waals surface area contributed by atoms with Crippen LogP contribution in [0.1, 0.15) is 25.7 Å². The number of aliphatic hydroxyl groups excluding tert-OH is 2. The van der Waals surface area contributed by atoms with E-state index < -0.39 is 18.2 Å². The van der Waals surface area contributed by atoms with Gasteiger partial charge in [-0.05, 0) is 31.4 Å². The van der Waals surface area contributed by atoms with Gasteiger partial charge in [0.25, 0.3) is 0 Å². The van der Waals surface area contributed by atoms with Crippen LogP contribution in [0.5, 0.6) is 5.75 Å². The van der Waals surface area contributed by atoms with Crippen molar-refractivity contribution in [3.63, 3.8) is 0 Å². The van der Waals surface area contributed by atoms with Crippen molar-refractivity contribution in [2.24, 2.45) is 5.92 Å². The number of carbonyl (C=O) groups is 1. The number of benzene rings is 1. The van der Waals surface area contributed by atoms with E-state index in [0.717, 1.165) is 12.8 Å². The van der Waals surface area contributed by atoms with Crippen LogP contribution in [-0.4, -0.2) is 52.8 Å². The topological polar surface area (TPSA) is 96.2 Å². The van der Waals surface area contributed by atoms with Gasteiger partial charge in [0, 0.05) is 12.3 Å².